The second-order valence-electron chi connectivity index (χ2n) is 13.4. The maximum Gasteiger partial charge on any atom is 0.244 e. The van der Waals surface area contributed by atoms with Crippen molar-refractivity contribution in [2.45, 2.75) is 96.2 Å². The number of halogens is 1. The molecule has 6 rings (SSSR count). The highest BCUT2D eigenvalue weighted by Gasteiger charge is 2.51. The molecule has 4 fully saturated rings. The van der Waals surface area contributed by atoms with Gasteiger partial charge in [-0.25, -0.2) is 8.42 Å². The van der Waals surface area contributed by atoms with Crippen molar-refractivity contribution < 1.29 is 18.0 Å². The Morgan fingerprint density at radius 1 is 0.930 bits per heavy atom. The lowest BCUT2D eigenvalue weighted by atomic mass is 9.48. The molecule has 0 radical (unpaired) electrons. The normalized spacial score (nSPS) is 25.7. The number of hydrogen-bond donors (Lipinski definition) is 1. The van der Waals surface area contributed by atoms with Gasteiger partial charge in [-0.2, -0.15) is 0 Å². The fraction of sp³-hybridized carbons (Fsp3) is 0.588. The van der Waals surface area contributed by atoms with Crippen LogP contribution in [0.1, 0.15) is 83.3 Å². The van der Waals surface area contributed by atoms with Gasteiger partial charge in [-0.15, -0.1) is 0 Å². The molecule has 2 aromatic rings. The summed E-state index contributed by atoms with van der Waals surface area (Å²) in [6.45, 7) is 5.54. The van der Waals surface area contributed by atoms with Crippen molar-refractivity contribution >= 4 is 39.1 Å². The molecule has 9 heteroatoms. The van der Waals surface area contributed by atoms with E-state index < -0.39 is 28.5 Å². The van der Waals surface area contributed by atoms with E-state index in [-0.39, 0.29) is 23.9 Å². The molecule has 0 aliphatic heterocycles. The van der Waals surface area contributed by atoms with E-state index in [1.54, 1.807) is 12.1 Å². The Bertz CT molecular complexity index is 1370. The quantitative estimate of drug-likeness (QED) is 0.299. The molecular weight excluding hydrogens is 582 g/mol. The van der Waals surface area contributed by atoms with Crippen molar-refractivity contribution in [3.8, 4) is 0 Å². The number of nitrogens with one attached hydrogen (secondary N) is 1. The van der Waals surface area contributed by atoms with Gasteiger partial charge in [-0.3, -0.25) is 13.9 Å². The number of sulfonamides is 1. The number of nitrogens with zero attached hydrogens (tertiary/aromatic N) is 2. The second kappa shape index (κ2) is 12.8. The van der Waals surface area contributed by atoms with Crippen molar-refractivity contribution in [2.75, 3.05) is 17.1 Å². The number of carbonyl (C=O) groups excluding carboxylic acids is 2. The molecule has 7 nitrogen and oxygen atoms in total. The summed E-state index contributed by atoms with van der Waals surface area (Å²) >= 11 is 6.09. The van der Waals surface area contributed by atoms with Crippen LogP contribution >= 0.6 is 11.6 Å². The molecule has 0 saturated heterocycles. The minimum atomic E-state index is -3.79. The summed E-state index contributed by atoms with van der Waals surface area (Å²) < 4.78 is 27.4. The lowest BCUT2D eigenvalue weighted by molar-refractivity contribution is -0.140. The van der Waals surface area contributed by atoms with Crippen molar-refractivity contribution in [1.29, 1.82) is 0 Å². The van der Waals surface area contributed by atoms with Crippen LogP contribution in [0.15, 0.2) is 48.5 Å². The molecule has 1 N–H and O–H groups in total. The van der Waals surface area contributed by atoms with Crippen LogP contribution in [0.2, 0.25) is 5.02 Å². The number of carbonyl (C=O) groups is 2. The molecule has 234 valence electrons. The van der Waals surface area contributed by atoms with Crippen molar-refractivity contribution in [3.05, 3.63) is 64.7 Å². The Hall–Kier alpha value is -2.58. The smallest absolute Gasteiger partial charge is 0.244 e. The third kappa shape index (κ3) is 7.06. The largest absolute Gasteiger partial charge is 0.352 e. The van der Waals surface area contributed by atoms with E-state index >= 15 is 0 Å². The summed E-state index contributed by atoms with van der Waals surface area (Å²) in [6, 6.07) is 14.2. The van der Waals surface area contributed by atoms with Gasteiger partial charge in [0.05, 0.1) is 11.9 Å². The van der Waals surface area contributed by atoms with Crippen molar-refractivity contribution in [2.24, 2.45) is 17.8 Å². The lowest BCUT2D eigenvalue weighted by Gasteiger charge is -2.57. The summed E-state index contributed by atoms with van der Waals surface area (Å²) in [5.41, 5.74) is 2.77. The first-order valence-corrected chi connectivity index (χ1v) is 18.1. The van der Waals surface area contributed by atoms with E-state index in [0.29, 0.717) is 17.1 Å². The molecule has 2 atom stereocenters. The molecule has 2 amide bonds. The van der Waals surface area contributed by atoms with Crippen LogP contribution < -0.4 is 9.62 Å². The van der Waals surface area contributed by atoms with E-state index in [1.165, 1.54) is 53.3 Å². The minimum Gasteiger partial charge on any atom is -0.352 e. The molecule has 4 aliphatic rings. The van der Waals surface area contributed by atoms with Crippen molar-refractivity contribution in [1.82, 2.24) is 10.2 Å². The predicted molar refractivity (Wildman–Crippen MR) is 172 cm³/mol. The van der Waals surface area contributed by atoms with Gasteiger partial charge in [-0.05, 0) is 117 Å². The van der Waals surface area contributed by atoms with Crippen LogP contribution in [-0.4, -0.2) is 50.0 Å². The first-order chi connectivity index (χ1) is 20.4. The molecule has 4 bridgehead atoms. The standard InChI is InChI=1S/C34H46ClN3O4S/c1-5-23(3)36-33(40)31(6-2)37(21-24-7-11-29(35)12-8-24)32(39)22-38(43(4,41)42)30-13-9-28(10-14-30)34-18-25-15-26(19-34)17-27(16-25)20-34/h7-14,23,25-27,31H,5-6,15-22H2,1-4H3,(H,36,40)/t23-,25?,26?,27?,31-,34?/m0/s1. The highest BCUT2D eigenvalue weighted by molar-refractivity contribution is 7.92. The average Bonchev–Trinajstić information content (AvgIpc) is 2.95. The third-order valence-corrected chi connectivity index (χ3v) is 11.5. The molecule has 0 heterocycles. The number of amides is 2. The van der Waals surface area contributed by atoms with Gasteiger partial charge in [0.15, 0.2) is 0 Å². The van der Waals surface area contributed by atoms with Gasteiger partial charge in [0.25, 0.3) is 0 Å². The number of anilines is 1. The van der Waals surface area contributed by atoms with Crippen LogP contribution in [0.25, 0.3) is 0 Å². The van der Waals surface area contributed by atoms with Crippen LogP contribution in [0.4, 0.5) is 5.69 Å². The van der Waals surface area contributed by atoms with Gasteiger partial charge >= 0.3 is 0 Å². The molecule has 0 aromatic heterocycles. The monoisotopic (exact) mass is 627 g/mol. The van der Waals surface area contributed by atoms with E-state index in [9.17, 15) is 18.0 Å². The molecule has 43 heavy (non-hydrogen) atoms. The Kier molecular flexibility index (Phi) is 9.48. The average molecular weight is 628 g/mol. The zero-order valence-electron chi connectivity index (χ0n) is 25.9. The van der Waals surface area contributed by atoms with Gasteiger partial charge in [0.2, 0.25) is 21.8 Å². The Morgan fingerprint density at radius 2 is 1.49 bits per heavy atom. The predicted octanol–water partition coefficient (Wildman–Crippen LogP) is 6.30. The van der Waals surface area contributed by atoms with Crippen LogP contribution in [0.5, 0.6) is 0 Å². The van der Waals surface area contributed by atoms with E-state index in [4.69, 9.17) is 11.6 Å². The van der Waals surface area contributed by atoms with Crippen LogP contribution in [0.3, 0.4) is 0 Å². The highest BCUT2D eigenvalue weighted by Crippen LogP contribution is 2.60. The maximum absolute atomic E-state index is 14.0. The summed E-state index contributed by atoms with van der Waals surface area (Å²) in [6.07, 6.45) is 10.0. The number of rotatable bonds is 12. The summed E-state index contributed by atoms with van der Waals surface area (Å²) in [5, 5.41) is 3.57. The fourth-order valence-corrected chi connectivity index (χ4v) is 9.18. The van der Waals surface area contributed by atoms with Gasteiger partial charge in [-0.1, -0.05) is 49.7 Å². The topological polar surface area (TPSA) is 86.8 Å². The van der Waals surface area contributed by atoms with Gasteiger partial charge in [0, 0.05) is 17.6 Å². The highest BCUT2D eigenvalue weighted by atomic mass is 35.5. The van der Waals surface area contributed by atoms with Gasteiger partial charge in [0.1, 0.15) is 12.6 Å². The fourth-order valence-electron chi connectivity index (χ4n) is 8.21. The van der Waals surface area contributed by atoms with Crippen LogP contribution in [0, 0.1) is 17.8 Å². The first-order valence-electron chi connectivity index (χ1n) is 15.8. The second-order valence-corrected chi connectivity index (χ2v) is 15.7. The maximum atomic E-state index is 14.0. The molecule has 0 spiro atoms. The van der Waals surface area contributed by atoms with Crippen LogP contribution in [-0.2, 0) is 31.6 Å². The van der Waals surface area contributed by atoms with E-state index in [0.717, 1.165) is 36.0 Å². The van der Waals surface area contributed by atoms with E-state index in [2.05, 4.69) is 17.4 Å². The van der Waals surface area contributed by atoms with E-state index in [1.807, 2.05) is 45.0 Å². The molecule has 0 unspecified atom stereocenters. The SMILES string of the molecule is CC[C@H](C)NC(=O)[C@H](CC)N(Cc1ccc(Cl)cc1)C(=O)CN(c1ccc(C23CC4CC(CC(C4)C2)C3)cc1)S(C)(=O)=O. The molecule has 4 aliphatic carbocycles. The summed E-state index contributed by atoms with van der Waals surface area (Å²) in [4.78, 5) is 28.8. The zero-order valence-corrected chi connectivity index (χ0v) is 27.5. The summed E-state index contributed by atoms with van der Waals surface area (Å²) in [5.74, 6) is 1.76. The number of hydrogen-bond acceptors (Lipinski definition) is 4. The molecule has 2 aromatic carbocycles. The Labute approximate surface area is 262 Å². The Balaban J connectivity index is 1.40. The third-order valence-electron chi connectivity index (χ3n) is 10.1. The summed E-state index contributed by atoms with van der Waals surface area (Å²) in [7, 11) is -3.79. The first kappa shape index (κ1) is 31.8. The Morgan fingerprint density at radius 3 is 1.98 bits per heavy atom. The lowest BCUT2D eigenvalue weighted by Crippen LogP contribution is -2.53. The zero-order chi connectivity index (χ0) is 30.9. The number of benzene rings is 2. The minimum absolute atomic E-state index is 0.0472. The molecular formula is C34H46ClN3O4S. The van der Waals surface area contributed by atoms with Crippen molar-refractivity contribution in [3.63, 3.8) is 0 Å². The molecule has 4 saturated carbocycles. The van der Waals surface area contributed by atoms with Gasteiger partial charge < -0.3 is 10.2 Å².